The molecular weight excluding hydrogens is 336 g/mol. The number of aryl methyl sites for hydroxylation is 2. The third-order valence-corrected chi connectivity index (χ3v) is 4.96. The van der Waals surface area contributed by atoms with Crippen LogP contribution < -0.4 is 4.74 Å². The number of ketones is 1. The van der Waals surface area contributed by atoms with Crippen molar-refractivity contribution in [2.24, 2.45) is 0 Å². The van der Waals surface area contributed by atoms with E-state index in [-0.39, 0.29) is 22.4 Å². The van der Waals surface area contributed by atoms with E-state index in [9.17, 15) is 9.90 Å². The first kappa shape index (κ1) is 21.0. The number of carbonyl (C=O) groups is 1. The van der Waals surface area contributed by atoms with E-state index in [1.54, 1.807) is 7.11 Å². The third-order valence-electron chi connectivity index (χ3n) is 4.96. The minimum atomic E-state index is -0.272. The Hall–Kier alpha value is -2.29. The summed E-state index contributed by atoms with van der Waals surface area (Å²) in [5, 5.41) is 10.9. The van der Waals surface area contributed by atoms with Gasteiger partial charge in [-0.3, -0.25) is 4.79 Å². The van der Waals surface area contributed by atoms with E-state index in [0.29, 0.717) is 11.1 Å². The molecule has 0 radical (unpaired) electrons. The normalized spacial score (nSPS) is 12.2. The zero-order valence-electron chi connectivity index (χ0n) is 18.1. The smallest absolute Gasteiger partial charge is 0.196 e. The Bertz CT molecular complexity index is 855. The van der Waals surface area contributed by atoms with Crippen LogP contribution in [0.5, 0.6) is 11.5 Å². The van der Waals surface area contributed by atoms with Crippen LogP contribution in [0.15, 0.2) is 24.3 Å². The van der Waals surface area contributed by atoms with Crippen LogP contribution in [0, 0.1) is 13.8 Å². The molecule has 3 nitrogen and oxygen atoms in total. The van der Waals surface area contributed by atoms with Crippen molar-refractivity contribution in [3.8, 4) is 11.5 Å². The van der Waals surface area contributed by atoms with Crippen molar-refractivity contribution in [2.75, 3.05) is 7.11 Å². The summed E-state index contributed by atoms with van der Waals surface area (Å²) in [6.07, 6.45) is 0. The summed E-state index contributed by atoms with van der Waals surface area (Å²) in [4.78, 5) is 13.3. The second-order valence-electron chi connectivity index (χ2n) is 9.39. The van der Waals surface area contributed by atoms with Crippen LogP contribution >= 0.6 is 0 Å². The molecule has 1 N–H and O–H groups in total. The summed E-state index contributed by atoms with van der Waals surface area (Å²) in [7, 11) is 1.63. The average molecular weight is 369 g/mol. The van der Waals surface area contributed by atoms with Gasteiger partial charge in [-0.2, -0.15) is 0 Å². The van der Waals surface area contributed by atoms with Gasteiger partial charge in [-0.1, -0.05) is 47.6 Å². The molecule has 0 aliphatic rings. The Labute approximate surface area is 163 Å². The van der Waals surface area contributed by atoms with Gasteiger partial charge in [0.25, 0.3) is 0 Å². The molecule has 0 saturated heterocycles. The molecule has 0 bridgehead atoms. The first-order valence-electron chi connectivity index (χ1n) is 9.35. The number of phenols is 1. The van der Waals surface area contributed by atoms with Crippen molar-refractivity contribution in [3.05, 3.63) is 57.6 Å². The number of aromatic hydroxyl groups is 1. The zero-order chi connectivity index (χ0) is 20.7. The highest BCUT2D eigenvalue weighted by molar-refractivity contribution is 6.11. The molecule has 0 atom stereocenters. The molecule has 0 amide bonds. The molecule has 0 heterocycles. The first-order chi connectivity index (χ1) is 12.3. The van der Waals surface area contributed by atoms with Crippen molar-refractivity contribution >= 4 is 5.78 Å². The maximum Gasteiger partial charge on any atom is 0.196 e. The topological polar surface area (TPSA) is 46.5 Å². The molecule has 0 spiro atoms. The van der Waals surface area contributed by atoms with Crippen LogP contribution in [-0.2, 0) is 10.8 Å². The van der Waals surface area contributed by atoms with Crippen molar-refractivity contribution in [1.29, 1.82) is 0 Å². The number of phenolic OH excluding ortho intramolecular Hbond substituents is 1. The number of hydrogen-bond donors (Lipinski definition) is 1. The van der Waals surface area contributed by atoms with Crippen molar-refractivity contribution in [3.63, 3.8) is 0 Å². The fourth-order valence-corrected chi connectivity index (χ4v) is 3.37. The summed E-state index contributed by atoms with van der Waals surface area (Å²) in [6.45, 7) is 16.3. The molecule has 0 aliphatic heterocycles. The molecule has 0 aromatic heterocycles. The average Bonchev–Trinajstić information content (AvgIpc) is 2.51. The summed E-state index contributed by atoms with van der Waals surface area (Å²) in [6, 6.07) is 7.51. The summed E-state index contributed by atoms with van der Waals surface area (Å²) in [5.74, 6) is 0.694. The maximum absolute atomic E-state index is 13.3. The van der Waals surface area contributed by atoms with Gasteiger partial charge in [-0.15, -0.1) is 0 Å². The van der Waals surface area contributed by atoms with Crippen LogP contribution in [-0.4, -0.2) is 18.0 Å². The number of carbonyl (C=O) groups excluding carboxylic acids is 1. The quantitative estimate of drug-likeness (QED) is 0.692. The molecule has 3 heteroatoms. The molecule has 2 aromatic carbocycles. The largest absolute Gasteiger partial charge is 0.507 e. The molecule has 2 aromatic rings. The molecule has 27 heavy (non-hydrogen) atoms. The van der Waals surface area contributed by atoms with Crippen molar-refractivity contribution < 1.29 is 14.6 Å². The van der Waals surface area contributed by atoms with Crippen LogP contribution in [0.3, 0.4) is 0 Å². The maximum atomic E-state index is 13.3. The number of rotatable bonds is 3. The standard InChI is InChI=1S/C24H32O3/c1-14-10-16(11-15(2)22(14)27-9)20(25)18-12-17(23(3,4)5)13-19(21(18)26)24(6,7)8/h10-13,26H,1-9H3. The predicted octanol–water partition coefficient (Wildman–Crippen LogP) is 5.84. The summed E-state index contributed by atoms with van der Waals surface area (Å²) >= 11 is 0. The number of hydrogen-bond acceptors (Lipinski definition) is 3. The van der Waals surface area contributed by atoms with Gasteiger partial charge in [-0.05, 0) is 59.6 Å². The SMILES string of the molecule is COc1c(C)cc(C(=O)c2cc(C(C)(C)C)cc(C(C)(C)C)c2O)cc1C. The van der Waals surface area contributed by atoms with Gasteiger partial charge < -0.3 is 9.84 Å². The summed E-state index contributed by atoms with van der Waals surface area (Å²) in [5.41, 5.74) is 4.16. The Morgan fingerprint density at radius 1 is 0.889 bits per heavy atom. The lowest BCUT2D eigenvalue weighted by atomic mass is 9.78. The molecule has 0 aliphatic carbocycles. The van der Waals surface area contributed by atoms with Crippen LogP contribution in [0.2, 0.25) is 0 Å². The Balaban J connectivity index is 2.72. The van der Waals surface area contributed by atoms with Crippen LogP contribution in [0.4, 0.5) is 0 Å². The fraction of sp³-hybridized carbons (Fsp3) is 0.458. The fourth-order valence-electron chi connectivity index (χ4n) is 3.37. The predicted molar refractivity (Wildman–Crippen MR) is 111 cm³/mol. The molecule has 0 unspecified atom stereocenters. The van der Waals surface area contributed by atoms with E-state index in [2.05, 4.69) is 20.8 Å². The lowest BCUT2D eigenvalue weighted by Gasteiger charge is -2.27. The highest BCUT2D eigenvalue weighted by Crippen LogP contribution is 2.39. The van der Waals surface area contributed by atoms with Crippen molar-refractivity contribution in [2.45, 2.75) is 66.2 Å². The van der Waals surface area contributed by atoms with Gasteiger partial charge in [0.05, 0.1) is 12.7 Å². The van der Waals surface area contributed by atoms with Crippen LogP contribution in [0.25, 0.3) is 0 Å². The second-order valence-corrected chi connectivity index (χ2v) is 9.39. The van der Waals surface area contributed by atoms with E-state index in [1.807, 2.05) is 58.9 Å². The van der Waals surface area contributed by atoms with Gasteiger partial charge in [0.1, 0.15) is 11.5 Å². The van der Waals surface area contributed by atoms with E-state index >= 15 is 0 Å². The minimum Gasteiger partial charge on any atom is -0.507 e. The van der Waals surface area contributed by atoms with Gasteiger partial charge >= 0.3 is 0 Å². The van der Waals surface area contributed by atoms with E-state index < -0.39 is 0 Å². The minimum absolute atomic E-state index is 0.0756. The van der Waals surface area contributed by atoms with E-state index in [1.165, 1.54) is 0 Å². The lowest BCUT2D eigenvalue weighted by molar-refractivity contribution is 0.103. The van der Waals surface area contributed by atoms with Gasteiger partial charge in [0.2, 0.25) is 0 Å². The van der Waals surface area contributed by atoms with Gasteiger partial charge in [-0.25, -0.2) is 0 Å². The monoisotopic (exact) mass is 368 g/mol. The Morgan fingerprint density at radius 3 is 1.81 bits per heavy atom. The molecule has 0 saturated carbocycles. The molecule has 2 rings (SSSR count). The Kier molecular flexibility index (Phi) is 5.47. The molecule has 146 valence electrons. The van der Waals surface area contributed by atoms with Crippen LogP contribution in [0.1, 0.15) is 79.7 Å². The number of methoxy groups -OCH3 is 1. The highest BCUT2D eigenvalue weighted by Gasteiger charge is 2.28. The highest BCUT2D eigenvalue weighted by atomic mass is 16.5. The van der Waals surface area contributed by atoms with Gasteiger partial charge in [0, 0.05) is 11.1 Å². The van der Waals surface area contributed by atoms with Crippen molar-refractivity contribution in [1.82, 2.24) is 0 Å². The second kappa shape index (κ2) is 7.03. The number of benzene rings is 2. The first-order valence-corrected chi connectivity index (χ1v) is 9.35. The van der Waals surface area contributed by atoms with E-state index in [4.69, 9.17) is 4.74 Å². The summed E-state index contributed by atoms with van der Waals surface area (Å²) < 4.78 is 5.41. The zero-order valence-corrected chi connectivity index (χ0v) is 18.1. The molecular formula is C24H32O3. The van der Waals surface area contributed by atoms with E-state index in [0.717, 1.165) is 28.0 Å². The van der Waals surface area contributed by atoms with Gasteiger partial charge in [0.15, 0.2) is 5.78 Å². The molecule has 0 fully saturated rings. The third kappa shape index (κ3) is 4.18. The number of ether oxygens (including phenoxy) is 1. The lowest BCUT2D eigenvalue weighted by Crippen LogP contribution is -2.19. The Morgan fingerprint density at radius 2 is 1.41 bits per heavy atom.